The van der Waals surface area contributed by atoms with Crippen molar-refractivity contribution in [3.63, 3.8) is 0 Å². The Balaban J connectivity index is 2.42. The first-order chi connectivity index (χ1) is 10.5. The van der Waals surface area contributed by atoms with Crippen LogP contribution >= 0.6 is 0 Å². The molecule has 6 nitrogen and oxygen atoms in total. The molecule has 0 saturated carbocycles. The van der Waals surface area contributed by atoms with Crippen molar-refractivity contribution in [2.75, 3.05) is 20.8 Å². The predicted molar refractivity (Wildman–Crippen MR) is 79.2 cm³/mol. The van der Waals surface area contributed by atoms with Gasteiger partial charge in [-0.05, 0) is 25.5 Å². The number of benzene rings is 1. The minimum atomic E-state index is -0.992. The fraction of sp³-hybridized carbons (Fsp3) is 0.375. The highest BCUT2D eigenvalue weighted by Gasteiger charge is 2.38. The van der Waals surface area contributed by atoms with Gasteiger partial charge < -0.3 is 19.5 Å². The van der Waals surface area contributed by atoms with Crippen LogP contribution in [0.5, 0.6) is 11.5 Å². The van der Waals surface area contributed by atoms with E-state index >= 15 is 0 Å². The highest BCUT2D eigenvalue weighted by molar-refractivity contribution is 5.98. The molecule has 0 bridgehead atoms. The minimum absolute atomic E-state index is 0.335. The Kier molecular flexibility index (Phi) is 4.56. The van der Waals surface area contributed by atoms with E-state index in [1.54, 1.807) is 19.1 Å². The third-order valence-corrected chi connectivity index (χ3v) is 3.55. The molecule has 1 aromatic rings. The van der Waals surface area contributed by atoms with E-state index in [2.05, 4.69) is 11.8 Å². The number of nitrogens with zero attached hydrogens (tertiary/aromatic N) is 1. The SMILES string of the molecule is CC#Cc1cc(C(=O)N2CC[C@@H]2C(=O)O)cc(OC)c1OC. The Hall–Kier alpha value is -2.68. The molecule has 1 aliphatic heterocycles. The van der Waals surface area contributed by atoms with Crippen molar-refractivity contribution in [3.8, 4) is 23.3 Å². The second-order valence-electron chi connectivity index (χ2n) is 4.78. The molecular formula is C16H17NO5. The van der Waals surface area contributed by atoms with Crippen LogP contribution in [-0.2, 0) is 4.79 Å². The molecule has 1 N–H and O–H groups in total. The average molecular weight is 303 g/mol. The first-order valence-corrected chi connectivity index (χ1v) is 6.76. The van der Waals surface area contributed by atoms with Gasteiger partial charge in [0.15, 0.2) is 11.5 Å². The van der Waals surface area contributed by atoms with E-state index in [4.69, 9.17) is 14.6 Å². The van der Waals surface area contributed by atoms with Gasteiger partial charge in [-0.1, -0.05) is 5.92 Å². The third kappa shape index (κ3) is 2.70. The number of ether oxygens (including phenoxy) is 2. The standard InChI is InChI=1S/C16H17NO5/c1-4-5-10-8-11(9-13(21-2)14(10)22-3)15(18)17-7-6-12(17)16(19)20/h8-9,12H,6-7H2,1-3H3,(H,19,20)/t12-/m1/s1. The quantitative estimate of drug-likeness (QED) is 0.850. The molecule has 0 aliphatic carbocycles. The number of carboxylic acid groups (broad SMARTS) is 1. The summed E-state index contributed by atoms with van der Waals surface area (Å²) in [7, 11) is 2.97. The molecule has 116 valence electrons. The van der Waals surface area contributed by atoms with E-state index in [0.717, 1.165) is 0 Å². The van der Waals surface area contributed by atoms with Crippen LogP contribution in [-0.4, -0.2) is 48.7 Å². The fourth-order valence-electron chi connectivity index (χ4n) is 2.37. The topological polar surface area (TPSA) is 76.1 Å². The first-order valence-electron chi connectivity index (χ1n) is 6.76. The van der Waals surface area contributed by atoms with Crippen molar-refractivity contribution in [3.05, 3.63) is 23.3 Å². The predicted octanol–water partition coefficient (Wildman–Crippen LogP) is 1.37. The van der Waals surface area contributed by atoms with E-state index in [1.807, 2.05) is 0 Å². The van der Waals surface area contributed by atoms with E-state index in [9.17, 15) is 9.59 Å². The summed E-state index contributed by atoms with van der Waals surface area (Å²) in [5.74, 6) is 5.12. The molecule has 6 heteroatoms. The highest BCUT2D eigenvalue weighted by atomic mass is 16.5. The molecule has 1 atom stereocenters. The number of carboxylic acids is 1. The Labute approximate surface area is 128 Å². The maximum Gasteiger partial charge on any atom is 0.326 e. The molecule has 1 aliphatic rings. The Morgan fingerprint density at radius 1 is 1.32 bits per heavy atom. The number of carbonyl (C=O) groups is 2. The molecule has 0 radical (unpaired) electrons. The van der Waals surface area contributed by atoms with Gasteiger partial charge in [-0.2, -0.15) is 0 Å². The summed E-state index contributed by atoms with van der Waals surface area (Å²) >= 11 is 0. The van der Waals surface area contributed by atoms with E-state index in [-0.39, 0.29) is 5.91 Å². The Morgan fingerprint density at radius 2 is 2.05 bits per heavy atom. The number of carbonyl (C=O) groups excluding carboxylic acids is 1. The van der Waals surface area contributed by atoms with E-state index in [1.165, 1.54) is 19.1 Å². The molecule has 1 aromatic carbocycles. The second kappa shape index (κ2) is 6.39. The molecule has 1 saturated heterocycles. The molecule has 1 heterocycles. The van der Waals surface area contributed by atoms with Gasteiger partial charge in [-0.25, -0.2) is 4.79 Å². The van der Waals surface area contributed by atoms with Gasteiger partial charge in [0.2, 0.25) is 0 Å². The van der Waals surface area contributed by atoms with Crippen LogP contribution in [0.25, 0.3) is 0 Å². The second-order valence-corrected chi connectivity index (χ2v) is 4.78. The fourth-order valence-corrected chi connectivity index (χ4v) is 2.37. The summed E-state index contributed by atoms with van der Waals surface area (Å²) in [6.07, 6.45) is 0.468. The number of hydrogen-bond donors (Lipinski definition) is 1. The number of likely N-dealkylation sites (tertiary alicyclic amines) is 1. The summed E-state index contributed by atoms with van der Waals surface area (Å²) in [6, 6.07) is 2.37. The molecule has 2 rings (SSSR count). The molecule has 0 aromatic heterocycles. The lowest BCUT2D eigenvalue weighted by Gasteiger charge is -2.38. The van der Waals surface area contributed by atoms with E-state index in [0.29, 0.717) is 35.6 Å². The van der Waals surface area contributed by atoms with E-state index < -0.39 is 12.0 Å². The number of rotatable bonds is 4. The lowest BCUT2D eigenvalue weighted by molar-refractivity contribution is -0.146. The van der Waals surface area contributed by atoms with Crippen LogP contribution in [0.2, 0.25) is 0 Å². The molecular weight excluding hydrogens is 286 g/mol. The van der Waals surface area contributed by atoms with Crippen molar-refractivity contribution in [2.45, 2.75) is 19.4 Å². The number of hydrogen-bond acceptors (Lipinski definition) is 4. The zero-order valence-corrected chi connectivity index (χ0v) is 12.7. The van der Waals surface area contributed by atoms with Gasteiger partial charge in [0.25, 0.3) is 5.91 Å². The smallest absolute Gasteiger partial charge is 0.326 e. The van der Waals surface area contributed by atoms with Gasteiger partial charge in [-0.3, -0.25) is 4.79 Å². The maximum absolute atomic E-state index is 12.5. The molecule has 0 unspecified atom stereocenters. The number of methoxy groups -OCH3 is 2. The normalized spacial score (nSPS) is 16.1. The van der Waals surface area contributed by atoms with Gasteiger partial charge in [0.1, 0.15) is 6.04 Å². The third-order valence-electron chi connectivity index (χ3n) is 3.55. The minimum Gasteiger partial charge on any atom is -0.493 e. The largest absolute Gasteiger partial charge is 0.493 e. The number of amides is 1. The first kappa shape index (κ1) is 15.7. The summed E-state index contributed by atoms with van der Waals surface area (Å²) in [5.41, 5.74) is 0.862. The lowest BCUT2D eigenvalue weighted by Crippen LogP contribution is -2.55. The van der Waals surface area contributed by atoms with Crippen molar-refractivity contribution < 1.29 is 24.2 Å². The zero-order chi connectivity index (χ0) is 16.3. The molecule has 1 amide bonds. The van der Waals surface area contributed by atoms with Gasteiger partial charge in [-0.15, -0.1) is 5.92 Å². The van der Waals surface area contributed by atoms with Crippen molar-refractivity contribution in [1.29, 1.82) is 0 Å². The Morgan fingerprint density at radius 3 is 2.50 bits per heavy atom. The lowest BCUT2D eigenvalue weighted by atomic mass is 10.00. The van der Waals surface area contributed by atoms with Crippen molar-refractivity contribution in [2.24, 2.45) is 0 Å². The monoisotopic (exact) mass is 303 g/mol. The van der Waals surface area contributed by atoms with Gasteiger partial charge >= 0.3 is 5.97 Å². The Bertz CT molecular complexity index is 671. The number of aliphatic carboxylic acids is 1. The molecule has 1 fully saturated rings. The maximum atomic E-state index is 12.5. The van der Waals surface area contributed by atoms with Crippen LogP contribution in [0.1, 0.15) is 29.3 Å². The summed E-state index contributed by atoms with van der Waals surface area (Å²) in [5, 5.41) is 9.06. The van der Waals surface area contributed by atoms with Crippen molar-refractivity contribution in [1.82, 2.24) is 4.90 Å². The van der Waals surface area contributed by atoms with Crippen molar-refractivity contribution >= 4 is 11.9 Å². The molecule has 22 heavy (non-hydrogen) atoms. The summed E-state index contributed by atoms with van der Waals surface area (Å²) in [6.45, 7) is 2.11. The van der Waals surface area contributed by atoms with Crippen LogP contribution in [0.15, 0.2) is 12.1 Å². The highest BCUT2D eigenvalue weighted by Crippen LogP contribution is 2.33. The molecule has 0 spiro atoms. The van der Waals surface area contributed by atoms with Gasteiger partial charge in [0.05, 0.1) is 19.8 Å². The van der Waals surface area contributed by atoms with Crippen LogP contribution in [0.4, 0.5) is 0 Å². The van der Waals surface area contributed by atoms with Crippen LogP contribution in [0, 0.1) is 11.8 Å². The van der Waals surface area contributed by atoms with Crippen LogP contribution < -0.4 is 9.47 Å². The van der Waals surface area contributed by atoms with Gasteiger partial charge in [0, 0.05) is 12.1 Å². The zero-order valence-electron chi connectivity index (χ0n) is 12.7. The summed E-state index contributed by atoms with van der Waals surface area (Å²) in [4.78, 5) is 24.9. The summed E-state index contributed by atoms with van der Waals surface area (Å²) < 4.78 is 10.5. The average Bonchev–Trinajstić information content (AvgIpc) is 2.44. The van der Waals surface area contributed by atoms with Crippen LogP contribution in [0.3, 0.4) is 0 Å².